The lowest BCUT2D eigenvalue weighted by molar-refractivity contribution is -0.384. The number of anilines is 1. The van der Waals surface area contributed by atoms with Crippen molar-refractivity contribution in [3.8, 4) is 11.5 Å². The van der Waals surface area contributed by atoms with Gasteiger partial charge in [-0.1, -0.05) is 24.3 Å². The third-order valence-electron chi connectivity index (χ3n) is 4.10. The highest BCUT2D eigenvalue weighted by Gasteiger charge is 2.18. The molecule has 0 unspecified atom stereocenters. The standard InChI is InChI=1S/C19H19N3O5S/c1-4-11(2)27-14-7-5-6-12(8-14)18(23)21-19-20-17-15(26-3)9-13(22(24)25)10-16(17)28-19/h5-11H,4H2,1-3H3,(H,20,21,23)/t11-/m1/s1. The van der Waals surface area contributed by atoms with Crippen molar-refractivity contribution >= 4 is 38.3 Å². The molecule has 0 bridgehead atoms. The Labute approximate surface area is 165 Å². The lowest BCUT2D eigenvalue weighted by Crippen LogP contribution is -2.13. The molecule has 1 aromatic heterocycles. The van der Waals surface area contributed by atoms with Gasteiger partial charge in [-0.15, -0.1) is 0 Å². The number of nitrogens with zero attached hydrogens (tertiary/aromatic N) is 2. The van der Waals surface area contributed by atoms with Crippen LogP contribution in [0, 0.1) is 10.1 Å². The lowest BCUT2D eigenvalue weighted by atomic mass is 10.2. The number of amides is 1. The molecule has 3 aromatic rings. The van der Waals surface area contributed by atoms with Crippen LogP contribution in [0.2, 0.25) is 0 Å². The van der Waals surface area contributed by atoms with Crippen molar-refractivity contribution in [1.29, 1.82) is 0 Å². The highest BCUT2D eigenvalue weighted by molar-refractivity contribution is 7.22. The quantitative estimate of drug-likeness (QED) is 0.457. The second kappa shape index (κ2) is 8.22. The first-order chi connectivity index (χ1) is 13.4. The molecule has 0 spiro atoms. The van der Waals surface area contributed by atoms with Crippen LogP contribution in [0.25, 0.3) is 10.2 Å². The highest BCUT2D eigenvalue weighted by atomic mass is 32.1. The van der Waals surface area contributed by atoms with Crippen molar-refractivity contribution in [2.45, 2.75) is 26.4 Å². The molecule has 1 atom stereocenters. The van der Waals surface area contributed by atoms with Crippen molar-refractivity contribution < 1.29 is 19.2 Å². The minimum atomic E-state index is -0.497. The predicted molar refractivity (Wildman–Crippen MR) is 108 cm³/mol. The van der Waals surface area contributed by atoms with Gasteiger partial charge in [0.2, 0.25) is 0 Å². The van der Waals surface area contributed by atoms with Gasteiger partial charge in [-0.2, -0.15) is 0 Å². The van der Waals surface area contributed by atoms with Gasteiger partial charge in [0.1, 0.15) is 11.3 Å². The summed E-state index contributed by atoms with van der Waals surface area (Å²) >= 11 is 1.14. The minimum absolute atomic E-state index is 0.0471. The number of hydrogen-bond acceptors (Lipinski definition) is 7. The number of hydrogen-bond donors (Lipinski definition) is 1. The maximum absolute atomic E-state index is 12.6. The van der Waals surface area contributed by atoms with Crippen LogP contribution in [0.3, 0.4) is 0 Å². The number of fused-ring (bicyclic) bond motifs is 1. The number of aromatic nitrogens is 1. The molecule has 0 aliphatic heterocycles. The largest absolute Gasteiger partial charge is 0.494 e. The molecule has 0 saturated heterocycles. The summed E-state index contributed by atoms with van der Waals surface area (Å²) in [5, 5.41) is 14.1. The number of carbonyl (C=O) groups is 1. The molecule has 2 aromatic carbocycles. The molecule has 8 nitrogen and oxygen atoms in total. The zero-order chi connectivity index (χ0) is 20.3. The van der Waals surface area contributed by atoms with Crippen LogP contribution in [-0.2, 0) is 0 Å². The van der Waals surface area contributed by atoms with Crippen molar-refractivity contribution in [3.63, 3.8) is 0 Å². The van der Waals surface area contributed by atoms with Gasteiger partial charge in [0.15, 0.2) is 10.9 Å². The van der Waals surface area contributed by atoms with E-state index in [1.54, 1.807) is 24.3 Å². The highest BCUT2D eigenvalue weighted by Crippen LogP contribution is 2.36. The number of ether oxygens (including phenoxy) is 2. The number of nitro groups is 1. The van der Waals surface area contributed by atoms with Gasteiger partial charge in [0.05, 0.1) is 28.9 Å². The Morgan fingerprint density at radius 2 is 2.14 bits per heavy atom. The maximum Gasteiger partial charge on any atom is 0.274 e. The van der Waals surface area contributed by atoms with Gasteiger partial charge in [-0.25, -0.2) is 4.98 Å². The van der Waals surface area contributed by atoms with Crippen LogP contribution >= 0.6 is 11.3 Å². The third-order valence-corrected chi connectivity index (χ3v) is 5.02. The summed E-state index contributed by atoms with van der Waals surface area (Å²) < 4.78 is 11.5. The number of rotatable bonds is 7. The minimum Gasteiger partial charge on any atom is -0.494 e. The molecular weight excluding hydrogens is 382 g/mol. The second-order valence-corrected chi connectivity index (χ2v) is 7.12. The predicted octanol–water partition coefficient (Wildman–Crippen LogP) is 4.64. The number of methoxy groups -OCH3 is 1. The van der Waals surface area contributed by atoms with Gasteiger partial charge in [0.25, 0.3) is 11.6 Å². The van der Waals surface area contributed by atoms with Crippen molar-refractivity contribution in [2.75, 3.05) is 12.4 Å². The molecular formula is C19H19N3O5S. The summed E-state index contributed by atoms with van der Waals surface area (Å²) in [6, 6.07) is 9.61. The SMILES string of the molecule is CC[C@@H](C)Oc1cccc(C(=O)Nc2nc3c(OC)cc([N+](=O)[O-])cc3s2)c1. The van der Waals surface area contributed by atoms with Crippen LogP contribution in [0.4, 0.5) is 10.8 Å². The van der Waals surface area contributed by atoms with Crippen molar-refractivity contribution in [1.82, 2.24) is 4.98 Å². The topological polar surface area (TPSA) is 104 Å². The molecule has 1 heterocycles. The Morgan fingerprint density at radius 3 is 2.82 bits per heavy atom. The molecule has 0 aliphatic carbocycles. The molecule has 0 fully saturated rings. The van der Waals surface area contributed by atoms with Gasteiger partial charge >= 0.3 is 0 Å². The van der Waals surface area contributed by atoms with E-state index in [0.717, 1.165) is 17.8 Å². The van der Waals surface area contributed by atoms with Gasteiger partial charge in [-0.05, 0) is 31.5 Å². The van der Waals surface area contributed by atoms with E-state index in [-0.39, 0.29) is 23.4 Å². The Balaban J connectivity index is 1.85. The first-order valence-electron chi connectivity index (χ1n) is 8.62. The zero-order valence-corrected chi connectivity index (χ0v) is 16.4. The molecule has 0 radical (unpaired) electrons. The fourth-order valence-electron chi connectivity index (χ4n) is 2.50. The first-order valence-corrected chi connectivity index (χ1v) is 9.44. The van der Waals surface area contributed by atoms with Crippen LogP contribution in [0.5, 0.6) is 11.5 Å². The van der Waals surface area contributed by atoms with Crippen LogP contribution in [0.1, 0.15) is 30.6 Å². The summed E-state index contributed by atoms with van der Waals surface area (Å²) in [5.74, 6) is 0.551. The summed E-state index contributed by atoms with van der Waals surface area (Å²) in [6.45, 7) is 3.98. The number of nitrogens with one attached hydrogen (secondary N) is 1. The van der Waals surface area contributed by atoms with E-state index in [2.05, 4.69) is 10.3 Å². The van der Waals surface area contributed by atoms with E-state index in [0.29, 0.717) is 26.7 Å². The third kappa shape index (κ3) is 4.20. The Bertz CT molecular complexity index is 1030. The Hall–Kier alpha value is -3.20. The average Bonchev–Trinajstić information content (AvgIpc) is 3.09. The second-order valence-electron chi connectivity index (χ2n) is 6.09. The van der Waals surface area contributed by atoms with Crippen molar-refractivity contribution in [3.05, 3.63) is 52.1 Å². The Kier molecular flexibility index (Phi) is 5.74. The van der Waals surface area contributed by atoms with E-state index in [4.69, 9.17) is 9.47 Å². The van der Waals surface area contributed by atoms with Crippen LogP contribution in [0.15, 0.2) is 36.4 Å². The van der Waals surface area contributed by atoms with Crippen LogP contribution < -0.4 is 14.8 Å². The molecule has 0 aliphatic rings. The summed E-state index contributed by atoms with van der Waals surface area (Å²) in [7, 11) is 1.42. The lowest BCUT2D eigenvalue weighted by Gasteiger charge is -2.13. The summed E-state index contributed by atoms with van der Waals surface area (Å²) in [4.78, 5) is 27.5. The van der Waals surface area contributed by atoms with Crippen LogP contribution in [-0.4, -0.2) is 29.0 Å². The zero-order valence-electron chi connectivity index (χ0n) is 15.6. The van der Waals surface area contributed by atoms with E-state index in [1.807, 2.05) is 13.8 Å². The number of thiazole rings is 1. The first kappa shape index (κ1) is 19.6. The number of carbonyl (C=O) groups excluding carboxylic acids is 1. The van der Waals surface area contributed by atoms with Crippen molar-refractivity contribution in [2.24, 2.45) is 0 Å². The van der Waals surface area contributed by atoms with E-state index in [9.17, 15) is 14.9 Å². The average molecular weight is 401 g/mol. The summed E-state index contributed by atoms with van der Waals surface area (Å²) in [6.07, 6.45) is 0.904. The molecule has 3 rings (SSSR count). The molecule has 1 amide bonds. The molecule has 28 heavy (non-hydrogen) atoms. The molecule has 146 valence electrons. The normalized spacial score (nSPS) is 11.8. The van der Waals surface area contributed by atoms with Gasteiger partial charge in [-0.3, -0.25) is 20.2 Å². The number of non-ortho nitro benzene ring substituents is 1. The molecule has 0 saturated carbocycles. The van der Waals surface area contributed by atoms with Gasteiger partial charge in [0, 0.05) is 11.6 Å². The summed E-state index contributed by atoms with van der Waals surface area (Å²) in [5.41, 5.74) is 0.793. The van der Waals surface area contributed by atoms with Gasteiger partial charge < -0.3 is 9.47 Å². The fourth-order valence-corrected chi connectivity index (χ4v) is 3.41. The number of nitro benzene ring substituents is 1. The smallest absolute Gasteiger partial charge is 0.274 e. The Morgan fingerprint density at radius 1 is 1.36 bits per heavy atom. The van der Waals surface area contributed by atoms with E-state index >= 15 is 0 Å². The van der Waals surface area contributed by atoms with E-state index in [1.165, 1.54) is 19.2 Å². The monoisotopic (exact) mass is 401 g/mol. The maximum atomic E-state index is 12.6. The van der Waals surface area contributed by atoms with E-state index < -0.39 is 4.92 Å². The molecule has 9 heteroatoms. The fraction of sp³-hybridized carbons (Fsp3) is 0.263. The number of benzene rings is 2. The molecule has 1 N–H and O–H groups in total.